The lowest BCUT2D eigenvalue weighted by Gasteiger charge is -2.17. The Balaban J connectivity index is 2.31. The number of rotatable bonds is 8. The Kier molecular flexibility index (Phi) is 6.77. The van der Waals surface area contributed by atoms with E-state index < -0.39 is 0 Å². The molecule has 1 unspecified atom stereocenters. The maximum absolute atomic E-state index is 5.46. The normalized spacial score (nSPS) is 12.6. The summed E-state index contributed by atoms with van der Waals surface area (Å²) in [5.41, 5.74) is 1.34. The van der Waals surface area contributed by atoms with Crippen LogP contribution in [0.2, 0.25) is 0 Å². The molecular formula is C13H22N2O. The summed E-state index contributed by atoms with van der Waals surface area (Å²) in [6.45, 7) is 6.75. The lowest BCUT2D eigenvalue weighted by Crippen LogP contribution is -2.33. The molecule has 1 N–H and O–H groups in total. The van der Waals surface area contributed by atoms with E-state index in [1.54, 1.807) is 0 Å². The number of hydrogen-bond donors (Lipinski definition) is 1. The lowest BCUT2D eigenvalue weighted by atomic mass is 10.1. The molecule has 0 aliphatic heterocycles. The van der Waals surface area contributed by atoms with Crippen molar-refractivity contribution in [2.75, 3.05) is 19.8 Å². The highest BCUT2D eigenvalue weighted by Gasteiger charge is 2.06. The molecule has 0 aliphatic rings. The molecule has 0 saturated heterocycles. The number of hydrogen-bond acceptors (Lipinski definition) is 3. The molecule has 90 valence electrons. The zero-order chi connectivity index (χ0) is 11.6. The van der Waals surface area contributed by atoms with Crippen LogP contribution < -0.4 is 5.32 Å². The number of nitrogens with one attached hydrogen (secondary N) is 1. The predicted octanol–water partition coefficient (Wildman–Crippen LogP) is 2.03. The van der Waals surface area contributed by atoms with Gasteiger partial charge < -0.3 is 10.1 Å². The Morgan fingerprint density at radius 1 is 1.31 bits per heavy atom. The minimum Gasteiger partial charge on any atom is -0.380 e. The zero-order valence-corrected chi connectivity index (χ0v) is 10.3. The van der Waals surface area contributed by atoms with Crippen LogP contribution in [0.1, 0.15) is 25.8 Å². The van der Waals surface area contributed by atoms with E-state index in [1.165, 1.54) is 5.56 Å². The Bertz CT molecular complexity index is 264. The van der Waals surface area contributed by atoms with Crippen LogP contribution in [0.5, 0.6) is 0 Å². The number of aromatic nitrogens is 1. The second-order valence-electron chi connectivity index (χ2n) is 3.81. The molecule has 0 aromatic carbocycles. The van der Waals surface area contributed by atoms with Gasteiger partial charge in [0.15, 0.2) is 0 Å². The van der Waals surface area contributed by atoms with Crippen molar-refractivity contribution < 1.29 is 4.74 Å². The largest absolute Gasteiger partial charge is 0.380 e. The first-order chi connectivity index (χ1) is 7.86. The third-order valence-electron chi connectivity index (χ3n) is 2.55. The van der Waals surface area contributed by atoms with Gasteiger partial charge in [0.25, 0.3) is 0 Å². The molecule has 1 aromatic rings. The smallest absolute Gasteiger partial charge is 0.0619 e. The third kappa shape index (κ3) is 5.24. The molecule has 3 heteroatoms. The molecule has 0 fully saturated rings. The van der Waals surface area contributed by atoms with E-state index in [2.05, 4.69) is 29.4 Å². The first kappa shape index (κ1) is 13.1. The van der Waals surface area contributed by atoms with Crippen molar-refractivity contribution >= 4 is 0 Å². The molecule has 1 rings (SSSR count). The van der Waals surface area contributed by atoms with Crippen LogP contribution in [0.4, 0.5) is 0 Å². The van der Waals surface area contributed by atoms with Gasteiger partial charge in [0.1, 0.15) is 0 Å². The summed E-state index contributed by atoms with van der Waals surface area (Å²) < 4.78 is 5.46. The monoisotopic (exact) mass is 222 g/mol. The van der Waals surface area contributed by atoms with Gasteiger partial charge in [-0.25, -0.2) is 0 Å². The first-order valence-electron chi connectivity index (χ1n) is 6.06. The van der Waals surface area contributed by atoms with Crippen LogP contribution in [-0.4, -0.2) is 30.8 Å². The molecule has 1 atom stereocenters. The summed E-state index contributed by atoms with van der Waals surface area (Å²) in [5, 5.41) is 3.45. The fourth-order valence-corrected chi connectivity index (χ4v) is 1.68. The Morgan fingerprint density at radius 2 is 2.06 bits per heavy atom. The second kappa shape index (κ2) is 8.25. The highest BCUT2D eigenvalue weighted by atomic mass is 16.5. The van der Waals surface area contributed by atoms with Crippen molar-refractivity contribution in [3.05, 3.63) is 30.1 Å². The van der Waals surface area contributed by atoms with Crippen molar-refractivity contribution in [3.8, 4) is 0 Å². The quantitative estimate of drug-likeness (QED) is 0.731. The standard InChI is InChI=1S/C13H22N2O/c1-3-15-13(11-16-4-2)6-5-12-7-9-14-10-8-12/h7-10,13,15H,3-6,11H2,1-2H3. The second-order valence-corrected chi connectivity index (χ2v) is 3.81. The highest BCUT2D eigenvalue weighted by molar-refractivity contribution is 5.09. The lowest BCUT2D eigenvalue weighted by molar-refractivity contribution is 0.120. The van der Waals surface area contributed by atoms with Crippen LogP contribution in [0.15, 0.2) is 24.5 Å². The van der Waals surface area contributed by atoms with Gasteiger partial charge in [-0.2, -0.15) is 0 Å². The number of likely N-dealkylation sites (N-methyl/N-ethyl adjacent to an activating group) is 1. The van der Waals surface area contributed by atoms with Gasteiger partial charge in [-0.15, -0.1) is 0 Å². The van der Waals surface area contributed by atoms with Crippen LogP contribution in [0.3, 0.4) is 0 Å². The maximum atomic E-state index is 5.46. The number of pyridine rings is 1. The predicted molar refractivity (Wildman–Crippen MR) is 66.5 cm³/mol. The Morgan fingerprint density at radius 3 is 2.69 bits per heavy atom. The fourth-order valence-electron chi connectivity index (χ4n) is 1.68. The topological polar surface area (TPSA) is 34.2 Å². The molecule has 3 nitrogen and oxygen atoms in total. The highest BCUT2D eigenvalue weighted by Crippen LogP contribution is 2.04. The van der Waals surface area contributed by atoms with Gasteiger partial charge in [-0.1, -0.05) is 6.92 Å². The van der Waals surface area contributed by atoms with Gasteiger partial charge >= 0.3 is 0 Å². The van der Waals surface area contributed by atoms with E-state index >= 15 is 0 Å². The molecular weight excluding hydrogens is 200 g/mol. The van der Waals surface area contributed by atoms with Crippen LogP contribution in [0.25, 0.3) is 0 Å². The Labute approximate surface area is 98.2 Å². The first-order valence-corrected chi connectivity index (χ1v) is 6.06. The van der Waals surface area contributed by atoms with Crippen molar-refractivity contribution in [3.63, 3.8) is 0 Å². The molecule has 16 heavy (non-hydrogen) atoms. The average Bonchev–Trinajstić information content (AvgIpc) is 2.34. The van der Waals surface area contributed by atoms with E-state index in [4.69, 9.17) is 4.74 Å². The van der Waals surface area contributed by atoms with Crippen molar-refractivity contribution in [1.82, 2.24) is 10.3 Å². The third-order valence-corrected chi connectivity index (χ3v) is 2.55. The average molecular weight is 222 g/mol. The summed E-state index contributed by atoms with van der Waals surface area (Å²) in [6, 6.07) is 4.60. The van der Waals surface area contributed by atoms with Gasteiger partial charge in [0, 0.05) is 25.0 Å². The minimum absolute atomic E-state index is 0.457. The summed E-state index contributed by atoms with van der Waals surface area (Å²) in [5.74, 6) is 0. The summed E-state index contributed by atoms with van der Waals surface area (Å²) in [4.78, 5) is 4.02. The van der Waals surface area contributed by atoms with Crippen molar-refractivity contribution in [2.24, 2.45) is 0 Å². The van der Waals surface area contributed by atoms with E-state index in [1.807, 2.05) is 19.3 Å². The molecule has 0 saturated carbocycles. The zero-order valence-electron chi connectivity index (χ0n) is 10.3. The molecule has 0 radical (unpaired) electrons. The number of ether oxygens (including phenoxy) is 1. The van der Waals surface area contributed by atoms with Crippen molar-refractivity contribution in [1.29, 1.82) is 0 Å². The fraction of sp³-hybridized carbons (Fsp3) is 0.615. The molecule has 0 aliphatic carbocycles. The van der Waals surface area contributed by atoms with E-state index in [9.17, 15) is 0 Å². The maximum Gasteiger partial charge on any atom is 0.0619 e. The summed E-state index contributed by atoms with van der Waals surface area (Å²) in [6.07, 6.45) is 5.88. The van der Waals surface area contributed by atoms with Gasteiger partial charge in [-0.3, -0.25) is 4.98 Å². The molecule has 1 heterocycles. The molecule has 1 aromatic heterocycles. The van der Waals surface area contributed by atoms with E-state index in [0.717, 1.165) is 32.6 Å². The van der Waals surface area contributed by atoms with Gasteiger partial charge in [0.05, 0.1) is 6.61 Å². The minimum atomic E-state index is 0.457. The van der Waals surface area contributed by atoms with Gasteiger partial charge in [-0.05, 0) is 44.0 Å². The Hall–Kier alpha value is -0.930. The summed E-state index contributed by atoms with van der Waals surface area (Å²) in [7, 11) is 0. The number of nitrogens with zero attached hydrogens (tertiary/aromatic N) is 1. The number of aryl methyl sites for hydroxylation is 1. The molecule has 0 bridgehead atoms. The van der Waals surface area contributed by atoms with Crippen LogP contribution in [0, 0.1) is 0 Å². The molecule has 0 amide bonds. The van der Waals surface area contributed by atoms with Gasteiger partial charge in [0.2, 0.25) is 0 Å². The van der Waals surface area contributed by atoms with E-state index in [0.29, 0.717) is 6.04 Å². The van der Waals surface area contributed by atoms with Crippen LogP contribution >= 0.6 is 0 Å². The summed E-state index contributed by atoms with van der Waals surface area (Å²) >= 11 is 0. The van der Waals surface area contributed by atoms with Crippen LogP contribution in [-0.2, 0) is 11.2 Å². The SMILES string of the molecule is CCNC(CCc1ccncc1)COCC. The van der Waals surface area contributed by atoms with E-state index in [-0.39, 0.29) is 0 Å². The molecule has 0 spiro atoms. The van der Waals surface area contributed by atoms with Crippen molar-refractivity contribution in [2.45, 2.75) is 32.7 Å².